The monoisotopic (exact) mass is 287 g/mol. The highest BCUT2D eigenvalue weighted by atomic mass is 32.1. The molecule has 0 fully saturated rings. The van der Waals surface area contributed by atoms with Gasteiger partial charge in [-0.25, -0.2) is 0 Å². The summed E-state index contributed by atoms with van der Waals surface area (Å²) in [6, 6.07) is 10.9. The van der Waals surface area contributed by atoms with Gasteiger partial charge in [0.15, 0.2) is 0 Å². The second kappa shape index (κ2) is 5.45. The molecule has 3 heteroatoms. The van der Waals surface area contributed by atoms with Crippen molar-refractivity contribution in [2.45, 2.75) is 26.9 Å². The summed E-state index contributed by atoms with van der Waals surface area (Å²) < 4.78 is 1.38. The maximum atomic E-state index is 3.55. The number of nitrogens with one attached hydrogen (secondary N) is 1. The van der Waals surface area contributed by atoms with Gasteiger partial charge in [-0.1, -0.05) is 18.2 Å². The van der Waals surface area contributed by atoms with Gasteiger partial charge in [-0.05, 0) is 47.9 Å². The summed E-state index contributed by atoms with van der Waals surface area (Å²) in [5.74, 6) is 0. The van der Waals surface area contributed by atoms with Crippen LogP contribution in [0.5, 0.6) is 0 Å². The standard InChI is InChI=1S/C16H17NS2/c1-11-7-14(19-12(11)2)9-17-8-13-10-18-16-6-4-3-5-15(13)16/h3-7,10,17H,8-9H2,1-2H3. The largest absolute Gasteiger partial charge is 0.308 e. The highest BCUT2D eigenvalue weighted by Gasteiger charge is 2.04. The Morgan fingerprint density at radius 3 is 2.74 bits per heavy atom. The van der Waals surface area contributed by atoms with E-state index in [1.165, 1.54) is 31.0 Å². The lowest BCUT2D eigenvalue weighted by atomic mass is 10.2. The predicted molar refractivity (Wildman–Crippen MR) is 86.2 cm³/mol. The Morgan fingerprint density at radius 1 is 1.11 bits per heavy atom. The first kappa shape index (κ1) is 12.9. The molecule has 0 aliphatic heterocycles. The van der Waals surface area contributed by atoms with E-state index < -0.39 is 0 Å². The van der Waals surface area contributed by atoms with Gasteiger partial charge in [0.1, 0.15) is 0 Å². The average Bonchev–Trinajstić information content (AvgIpc) is 2.95. The van der Waals surface area contributed by atoms with E-state index in [2.05, 4.69) is 54.9 Å². The van der Waals surface area contributed by atoms with Crippen LogP contribution in [-0.2, 0) is 13.1 Å². The molecule has 0 atom stereocenters. The molecule has 0 bridgehead atoms. The van der Waals surface area contributed by atoms with Crippen LogP contribution in [0.2, 0.25) is 0 Å². The van der Waals surface area contributed by atoms with Crippen molar-refractivity contribution >= 4 is 32.8 Å². The first-order chi connectivity index (χ1) is 9.24. The molecule has 0 saturated carbocycles. The number of fused-ring (bicyclic) bond motifs is 1. The van der Waals surface area contributed by atoms with Crippen LogP contribution in [0.1, 0.15) is 20.9 Å². The Morgan fingerprint density at radius 2 is 1.95 bits per heavy atom. The van der Waals surface area contributed by atoms with Crippen LogP contribution in [0.4, 0.5) is 0 Å². The summed E-state index contributed by atoms with van der Waals surface area (Å²) in [6.45, 7) is 6.28. The molecule has 0 radical (unpaired) electrons. The van der Waals surface area contributed by atoms with Gasteiger partial charge in [0.05, 0.1) is 0 Å². The molecule has 1 aromatic carbocycles. The molecular formula is C16H17NS2. The van der Waals surface area contributed by atoms with Crippen molar-refractivity contribution in [2.75, 3.05) is 0 Å². The van der Waals surface area contributed by atoms with Crippen molar-refractivity contribution in [2.24, 2.45) is 0 Å². The van der Waals surface area contributed by atoms with Crippen molar-refractivity contribution in [3.05, 3.63) is 56.6 Å². The fraction of sp³-hybridized carbons (Fsp3) is 0.250. The zero-order valence-corrected chi connectivity index (χ0v) is 12.8. The zero-order valence-electron chi connectivity index (χ0n) is 11.2. The molecule has 0 amide bonds. The fourth-order valence-electron chi connectivity index (χ4n) is 2.23. The summed E-state index contributed by atoms with van der Waals surface area (Å²) in [6.07, 6.45) is 0. The van der Waals surface area contributed by atoms with Gasteiger partial charge in [0.25, 0.3) is 0 Å². The maximum Gasteiger partial charge on any atom is 0.0346 e. The topological polar surface area (TPSA) is 12.0 Å². The second-order valence-corrected chi connectivity index (χ2v) is 7.06. The normalized spacial score (nSPS) is 11.3. The molecule has 0 saturated heterocycles. The fourth-order valence-corrected chi connectivity index (χ4v) is 4.21. The molecule has 19 heavy (non-hydrogen) atoms. The van der Waals surface area contributed by atoms with Crippen molar-refractivity contribution < 1.29 is 0 Å². The molecule has 98 valence electrons. The average molecular weight is 287 g/mol. The molecule has 1 nitrogen and oxygen atoms in total. The van der Waals surface area contributed by atoms with E-state index >= 15 is 0 Å². The van der Waals surface area contributed by atoms with Crippen LogP contribution in [0.15, 0.2) is 35.7 Å². The molecule has 0 unspecified atom stereocenters. The van der Waals surface area contributed by atoms with Crippen molar-refractivity contribution in [1.29, 1.82) is 0 Å². The van der Waals surface area contributed by atoms with Crippen LogP contribution in [0.25, 0.3) is 10.1 Å². The number of thiophene rings is 2. The summed E-state index contributed by atoms with van der Waals surface area (Å²) >= 11 is 3.72. The number of aryl methyl sites for hydroxylation is 2. The van der Waals surface area contributed by atoms with Crippen LogP contribution in [-0.4, -0.2) is 0 Å². The number of rotatable bonds is 4. The molecule has 2 aromatic heterocycles. The third-order valence-electron chi connectivity index (χ3n) is 3.39. The molecule has 0 spiro atoms. The minimum Gasteiger partial charge on any atom is -0.308 e. The van der Waals surface area contributed by atoms with Crippen LogP contribution < -0.4 is 5.32 Å². The molecule has 0 aliphatic rings. The molecular weight excluding hydrogens is 270 g/mol. The summed E-state index contributed by atoms with van der Waals surface area (Å²) in [5, 5.41) is 7.21. The van der Waals surface area contributed by atoms with Gasteiger partial charge in [0, 0.05) is 27.5 Å². The van der Waals surface area contributed by atoms with Crippen LogP contribution in [0, 0.1) is 13.8 Å². The van der Waals surface area contributed by atoms with Gasteiger partial charge in [0.2, 0.25) is 0 Å². The minimum atomic E-state index is 0.944. The van der Waals surface area contributed by atoms with Gasteiger partial charge in [-0.2, -0.15) is 0 Å². The summed E-state index contributed by atoms with van der Waals surface area (Å²) in [5.41, 5.74) is 2.81. The number of hydrogen-bond acceptors (Lipinski definition) is 3. The van der Waals surface area contributed by atoms with E-state index in [-0.39, 0.29) is 0 Å². The quantitative estimate of drug-likeness (QED) is 0.722. The van der Waals surface area contributed by atoms with E-state index in [9.17, 15) is 0 Å². The maximum absolute atomic E-state index is 3.55. The third kappa shape index (κ3) is 2.73. The first-order valence-electron chi connectivity index (χ1n) is 6.46. The lowest BCUT2D eigenvalue weighted by molar-refractivity contribution is 0.705. The lowest BCUT2D eigenvalue weighted by Gasteiger charge is -2.02. The lowest BCUT2D eigenvalue weighted by Crippen LogP contribution is -2.11. The second-order valence-electron chi connectivity index (χ2n) is 4.81. The number of benzene rings is 1. The zero-order chi connectivity index (χ0) is 13.2. The predicted octanol–water partition coefficient (Wildman–Crippen LogP) is 4.87. The van der Waals surface area contributed by atoms with E-state index in [4.69, 9.17) is 0 Å². The van der Waals surface area contributed by atoms with E-state index in [0.717, 1.165) is 13.1 Å². The van der Waals surface area contributed by atoms with Crippen molar-refractivity contribution in [3.8, 4) is 0 Å². The summed E-state index contributed by atoms with van der Waals surface area (Å²) in [4.78, 5) is 2.85. The van der Waals surface area contributed by atoms with Crippen molar-refractivity contribution in [1.82, 2.24) is 5.32 Å². The van der Waals surface area contributed by atoms with Gasteiger partial charge in [-0.15, -0.1) is 22.7 Å². The molecule has 1 N–H and O–H groups in total. The smallest absolute Gasteiger partial charge is 0.0346 e. The van der Waals surface area contributed by atoms with Gasteiger partial charge >= 0.3 is 0 Å². The minimum absolute atomic E-state index is 0.944. The van der Waals surface area contributed by atoms with Crippen LogP contribution in [0.3, 0.4) is 0 Å². The number of hydrogen-bond donors (Lipinski definition) is 1. The Hall–Kier alpha value is -1.16. The Kier molecular flexibility index (Phi) is 3.69. The molecule has 3 rings (SSSR count). The van der Waals surface area contributed by atoms with E-state index in [0.29, 0.717) is 0 Å². The molecule has 0 aliphatic carbocycles. The van der Waals surface area contributed by atoms with E-state index in [1.54, 1.807) is 0 Å². The van der Waals surface area contributed by atoms with E-state index in [1.807, 2.05) is 22.7 Å². The molecule has 3 aromatic rings. The highest BCUT2D eigenvalue weighted by molar-refractivity contribution is 7.17. The summed E-state index contributed by atoms with van der Waals surface area (Å²) in [7, 11) is 0. The Balaban J connectivity index is 1.66. The highest BCUT2D eigenvalue weighted by Crippen LogP contribution is 2.26. The van der Waals surface area contributed by atoms with Crippen molar-refractivity contribution in [3.63, 3.8) is 0 Å². The Bertz CT molecular complexity index is 674. The Labute approximate surface area is 121 Å². The molecule has 2 heterocycles. The third-order valence-corrected chi connectivity index (χ3v) is 5.56. The first-order valence-corrected chi connectivity index (χ1v) is 8.15. The SMILES string of the molecule is Cc1cc(CNCc2csc3ccccc23)sc1C. The van der Waals surface area contributed by atoms with Gasteiger partial charge < -0.3 is 5.32 Å². The van der Waals surface area contributed by atoms with Gasteiger partial charge in [-0.3, -0.25) is 0 Å². The van der Waals surface area contributed by atoms with Crippen LogP contribution >= 0.6 is 22.7 Å².